The number of carbonyl (C=O) groups is 3. The molecule has 0 spiro atoms. The van der Waals surface area contributed by atoms with E-state index >= 15 is 0 Å². The number of amides is 3. The maximum atomic E-state index is 12.2. The highest BCUT2D eigenvalue weighted by Crippen LogP contribution is 2.15. The second kappa shape index (κ2) is 13.3. The first-order chi connectivity index (χ1) is 17.4. The molecular formula is C27H28N4O5. The lowest BCUT2D eigenvalue weighted by atomic mass is 10.2. The lowest BCUT2D eigenvalue weighted by molar-refractivity contribution is -0.129. The van der Waals surface area contributed by atoms with Gasteiger partial charge in [0.25, 0.3) is 17.7 Å². The van der Waals surface area contributed by atoms with Gasteiger partial charge in [0.15, 0.2) is 13.2 Å². The van der Waals surface area contributed by atoms with E-state index in [1.807, 2.05) is 43.3 Å². The Kier molecular flexibility index (Phi) is 9.58. The summed E-state index contributed by atoms with van der Waals surface area (Å²) in [5.41, 5.74) is 4.71. The maximum absolute atomic E-state index is 12.2. The zero-order chi connectivity index (χ0) is 25.8. The van der Waals surface area contributed by atoms with Gasteiger partial charge in [-0.1, -0.05) is 36.4 Å². The molecule has 0 fully saturated rings. The minimum atomic E-state index is -0.798. The smallest absolute Gasteiger partial charge is 0.262 e. The van der Waals surface area contributed by atoms with Gasteiger partial charge in [0.1, 0.15) is 17.5 Å². The Morgan fingerprint density at radius 1 is 0.861 bits per heavy atom. The number of para-hydroxylation sites is 2. The van der Waals surface area contributed by atoms with Gasteiger partial charge < -0.3 is 20.1 Å². The van der Waals surface area contributed by atoms with Crippen molar-refractivity contribution in [1.29, 1.82) is 0 Å². The molecule has 36 heavy (non-hydrogen) atoms. The number of carbonyl (C=O) groups excluding carboxylic acids is 3. The van der Waals surface area contributed by atoms with E-state index in [1.54, 1.807) is 49.4 Å². The van der Waals surface area contributed by atoms with E-state index in [9.17, 15) is 14.4 Å². The summed E-state index contributed by atoms with van der Waals surface area (Å²) < 4.78 is 11.0. The van der Waals surface area contributed by atoms with Crippen molar-refractivity contribution in [3.8, 4) is 11.5 Å². The van der Waals surface area contributed by atoms with E-state index in [1.165, 1.54) is 6.21 Å². The molecule has 0 unspecified atom stereocenters. The van der Waals surface area contributed by atoms with Crippen LogP contribution in [0.1, 0.15) is 18.1 Å². The van der Waals surface area contributed by atoms with Gasteiger partial charge in [-0.25, -0.2) is 5.43 Å². The van der Waals surface area contributed by atoms with Crippen LogP contribution in [0.3, 0.4) is 0 Å². The number of hydrogen-bond acceptors (Lipinski definition) is 6. The fourth-order valence-corrected chi connectivity index (χ4v) is 3.00. The quantitative estimate of drug-likeness (QED) is 0.283. The van der Waals surface area contributed by atoms with Gasteiger partial charge in [-0.3, -0.25) is 14.4 Å². The zero-order valence-corrected chi connectivity index (χ0v) is 20.1. The molecule has 3 aromatic rings. The molecule has 3 rings (SSSR count). The van der Waals surface area contributed by atoms with E-state index in [0.29, 0.717) is 22.7 Å². The number of hydrogen-bond donors (Lipinski definition) is 3. The molecule has 9 nitrogen and oxygen atoms in total. The van der Waals surface area contributed by atoms with Crippen molar-refractivity contribution < 1.29 is 23.9 Å². The monoisotopic (exact) mass is 488 g/mol. The summed E-state index contributed by atoms with van der Waals surface area (Å²) in [6, 6.07) is 22.5. The summed E-state index contributed by atoms with van der Waals surface area (Å²) in [6.07, 6.45) is 1.46. The number of anilines is 1. The minimum Gasteiger partial charge on any atom is -0.484 e. The summed E-state index contributed by atoms with van der Waals surface area (Å²) in [5.74, 6) is -0.0276. The number of hydrazone groups is 1. The average molecular weight is 489 g/mol. The minimum absolute atomic E-state index is 0.127. The molecule has 3 amide bonds. The van der Waals surface area contributed by atoms with Crippen LogP contribution >= 0.6 is 0 Å². The molecule has 0 saturated carbocycles. The second-order valence-corrected chi connectivity index (χ2v) is 7.85. The van der Waals surface area contributed by atoms with Gasteiger partial charge in [0.05, 0.1) is 6.21 Å². The van der Waals surface area contributed by atoms with Gasteiger partial charge >= 0.3 is 0 Å². The van der Waals surface area contributed by atoms with Crippen molar-refractivity contribution in [2.45, 2.75) is 19.9 Å². The number of rotatable bonds is 11. The van der Waals surface area contributed by atoms with E-state index in [2.05, 4.69) is 21.2 Å². The molecule has 1 atom stereocenters. The Labute approximate surface area is 209 Å². The van der Waals surface area contributed by atoms with Gasteiger partial charge in [0, 0.05) is 5.69 Å². The molecule has 0 aromatic heterocycles. The molecule has 0 aliphatic carbocycles. The molecule has 0 saturated heterocycles. The van der Waals surface area contributed by atoms with Crippen molar-refractivity contribution in [1.82, 2.24) is 10.7 Å². The highest BCUT2D eigenvalue weighted by molar-refractivity contribution is 5.92. The number of benzene rings is 3. The Morgan fingerprint density at radius 2 is 1.53 bits per heavy atom. The van der Waals surface area contributed by atoms with Crippen molar-refractivity contribution in [3.63, 3.8) is 0 Å². The van der Waals surface area contributed by atoms with Gasteiger partial charge in [0.2, 0.25) is 0 Å². The highest BCUT2D eigenvalue weighted by Gasteiger charge is 2.15. The Balaban J connectivity index is 1.37. The first-order valence-electron chi connectivity index (χ1n) is 11.3. The molecular weight excluding hydrogens is 460 g/mol. The topological polar surface area (TPSA) is 118 Å². The third-order valence-corrected chi connectivity index (χ3v) is 4.92. The molecule has 0 aliphatic heterocycles. The van der Waals surface area contributed by atoms with Crippen LogP contribution in [0.2, 0.25) is 0 Å². The van der Waals surface area contributed by atoms with Gasteiger partial charge in [-0.05, 0) is 67.4 Å². The zero-order valence-electron chi connectivity index (χ0n) is 20.1. The van der Waals surface area contributed by atoms with E-state index < -0.39 is 17.9 Å². The van der Waals surface area contributed by atoms with Gasteiger partial charge in [-0.2, -0.15) is 5.10 Å². The predicted molar refractivity (Wildman–Crippen MR) is 137 cm³/mol. The average Bonchev–Trinajstić information content (AvgIpc) is 2.88. The molecule has 3 aromatic carbocycles. The summed E-state index contributed by atoms with van der Waals surface area (Å²) in [6.45, 7) is 3.11. The van der Waals surface area contributed by atoms with Gasteiger partial charge in [-0.15, -0.1) is 0 Å². The highest BCUT2D eigenvalue weighted by atomic mass is 16.5. The molecule has 0 heterocycles. The molecule has 0 radical (unpaired) electrons. The standard InChI is InChI=1S/C27H28N4O5/c1-19-8-6-7-11-24(19)36-18-25(32)29-20(2)27(34)31-28-16-21-12-14-23(15-13-21)35-17-26(33)30-22-9-4-3-5-10-22/h3-16,20H,17-18H2,1-2H3,(H,29,32)(H,30,33)(H,31,34)/t20-/m0/s1. The second-order valence-electron chi connectivity index (χ2n) is 7.85. The van der Waals surface area contributed by atoms with Crippen molar-refractivity contribution >= 4 is 29.6 Å². The lowest BCUT2D eigenvalue weighted by Gasteiger charge is -2.13. The largest absolute Gasteiger partial charge is 0.484 e. The molecule has 186 valence electrons. The Bertz CT molecular complexity index is 1200. The summed E-state index contributed by atoms with van der Waals surface area (Å²) in [7, 11) is 0. The SMILES string of the molecule is Cc1ccccc1OCC(=O)N[C@@H](C)C(=O)NN=Cc1ccc(OCC(=O)Nc2ccccc2)cc1. The first-order valence-corrected chi connectivity index (χ1v) is 11.3. The predicted octanol–water partition coefficient (Wildman–Crippen LogP) is 3.05. The molecule has 0 aliphatic rings. The molecule has 3 N–H and O–H groups in total. The van der Waals surface area contributed by atoms with Crippen molar-refractivity contribution in [2.24, 2.45) is 5.10 Å². The number of aryl methyl sites for hydroxylation is 1. The third kappa shape index (κ3) is 8.60. The van der Waals surface area contributed by atoms with Crippen LogP contribution in [0.5, 0.6) is 11.5 Å². The summed E-state index contributed by atoms with van der Waals surface area (Å²) in [4.78, 5) is 36.2. The summed E-state index contributed by atoms with van der Waals surface area (Å²) >= 11 is 0. The van der Waals surface area contributed by atoms with E-state index in [4.69, 9.17) is 9.47 Å². The van der Waals surface area contributed by atoms with Crippen LogP contribution in [-0.4, -0.2) is 43.2 Å². The van der Waals surface area contributed by atoms with Crippen LogP contribution in [0, 0.1) is 6.92 Å². The maximum Gasteiger partial charge on any atom is 0.262 e. The number of ether oxygens (including phenoxy) is 2. The third-order valence-electron chi connectivity index (χ3n) is 4.92. The number of nitrogens with one attached hydrogen (secondary N) is 3. The summed E-state index contributed by atoms with van der Waals surface area (Å²) in [5, 5.41) is 9.22. The Hall–Kier alpha value is -4.66. The lowest BCUT2D eigenvalue weighted by Crippen LogP contribution is -2.45. The van der Waals surface area contributed by atoms with Crippen LogP contribution in [0.4, 0.5) is 5.69 Å². The fourth-order valence-electron chi connectivity index (χ4n) is 3.00. The van der Waals surface area contributed by atoms with E-state index in [0.717, 1.165) is 5.56 Å². The molecule has 9 heteroatoms. The normalized spacial score (nSPS) is 11.4. The van der Waals surface area contributed by atoms with Crippen molar-refractivity contribution in [3.05, 3.63) is 90.0 Å². The molecule has 0 bridgehead atoms. The van der Waals surface area contributed by atoms with Crippen molar-refractivity contribution in [2.75, 3.05) is 18.5 Å². The van der Waals surface area contributed by atoms with Crippen LogP contribution < -0.4 is 25.5 Å². The van der Waals surface area contributed by atoms with Crippen LogP contribution in [0.25, 0.3) is 0 Å². The first kappa shape index (κ1) is 26.0. The fraction of sp³-hybridized carbons (Fsp3) is 0.185. The van der Waals surface area contributed by atoms with E-state index in [-0.39, 0.29) is 19.1 Å². The Morgan fingerprint density at radius 3 is 2.25 bits per heavy atom. The van der Waals surface area contributed by atoms with Crippen LogP contribution in [0.15, 0.2) is 84.0 Å². The van der Waals surface area contributed by atoms with Crippen LogP contribution in [-0.2, 0) is 14.4 Å². The number of nitrogens with zero attached hydrogens (tertiary/aromatic N) is 1.